The number of rotatable bonds is 3. The molecule has 0 atom stereocenters. The summed E-state index contributed by atoms with van der Waals surface area (Å²) in [6, 6.07) is 0. The summed E-state index contributed by atoms with van der Waals surface area (Å²) < 4.78 is 0. The molecule has 0 unspecified atom stereocenters. The highest BCUT2D eigenvalue weighted by molar-refractivity contribution is 5.72. The number of allylic oxidation sites excluding steroid dienone is 2. The molecule has 0 heterocycles. The van der Waals surface area contributed by atoms with Crippen LogP contribution in [0.2, 0.25) is 0 Å². The van der Waals surface area contributed by atoms with Crippen LogP contribution in [0, 0.1) is 5.92 Å². The zero-order valence-corrected chi connectivity index (χ0v) is 6.96. The summed E-state index contributed by atoms with van der Waals surface area (Å²) in [5, 5.41) is 0. The minimum absolute atomic E-state index is 0.608. The van der Waals surface area contributed by atoms with Crippen molar-refractivity contribution in [3.8, 4) is 0 Å². The van der Waals surface area contributed by atoms with E-state index < -0.39 is 0 Å². The molecule has 0 aromatic rings. The quantitative estimate of drug-likeness (QED) is 0.530. The van der Waals surface area contributed by atoms with Gasteiger partial charge >= 0.3 is 0 Å². The minimum atomic E-state index is 0.608. The van der Waals surface area contributed by atoms with Crippen molar-refractivity contribution in [2.75, 3.05) is 0 Å². The van der Waals surface area contributed by atoms with Crippen LogP contribution >= 0.6 is 0 Å². The van der Waals surface area contributed by atoms with E-state index >= 15 is 0 Å². The average Bonchev–Trinajstić information content (AvgIpc) is 1.88. The molecule has 0 rings (SSSR count). The Morgan fingerprint density at radius 2 is 2.10 bits per heavy atom. The van der Waals surface area contributed by atoms with E-state index in [0.29, 0.717) is 5.92 Å². The first-order valence-corrected chi connectivity index (χ1v) is 3.49. The lowest BCUT2D eigenvalue weighted by Crippen LogP contribution is -1.87. The zero-order valence-electron chi connectivity index (χ0n) is 6.96. The van der Waals surface area contributed by atoms with Crippen LogP contribution < -0.4 is 0 Å². The van der Waals surface area contributed by atoms with Gasteiger partial charge in [0.15, 0.2) is 0 Å². The van der Waals surface area contributed by atoms with Crippen LogP contribution in [0.15, 0.2) is 29.4 Å². The Morgan fingerprint density at radius 3 is 2.50 bits per heavy atom. The van der Waals surface area contributed by atoms with Gasteiger partial charge in [-0.2, -0.15) is 0 Å². The molecule has 56 valence electrons. The molecule has 1 nitrogen and oxygen atoms in total. The first-order valence-electron chi connectivity index (χ1n) is 3.49. The number of hydrogen-bond acceptors (Lipinski definition) is 1. The molecule has 0 saturated heterocycles. The molecule has 0 radical (unpaired) electrons. The molecule has 0 N–H and O–H groups in total. The van der Waals surface area contributed by atoms with Crippen molar-refractivity contribution in [3.63, 3.8) is 0 Å². The van der Waals surface area contributed by atoms with Gasteiger partial charge in [-0.25, -0.2) is 0 Å². The highest BCUT2D eigenvalue weighted by Crippen LogP contribution is 2.05. The highest BCUT2D eigenvalue weighted by atomic mass is 14.6. The smallest absolute Gasteiger partial charge is 0.0267 e. The lowest BCUT2D eigenvalue weighted by Gasteiger charge is -2.00. The molecule has 0 saturated carbocycles. The van der Waals surface area contributed by atoms with Crippen LogP contribution in [0.3, 0.4) is 0 Å². The van der Waals surface area contributed by atoms with Crippen molar-refractivity contribution in [2.45, 2.75) is 20.8 Å². The highest BCUT2D eigenvalue weighted by Gasteiger charge is 1.91. The summed E-state index contributed by atoms with van der Waals surface area (Å²) in [4.78, 5) is 3.86. The SMILES string of the molecule is C=C/N=C\C=C(/C)C(C)C. The molecule has 0 aromatic carbocycles. The van der Waals surface area contributed by atoms with Gasteiger partial charge in [0, 0.05) is 12.4 Å². The fourth-order valence-corrected chi connectivity index (χ4v) is 0.414. The van der Waals surface area contributed by atoms with Gasteiger partial charge < -0.3 is 0 Å². The van der Waals surface area contributed by atoms with Crippen LogP contribution in [-0.4, -0.2) is 6.21 Å². The summed E-state index contributed by atoms with van der Waals surface area (Å²) in [7, 11) is 0. The van der Waals surface area contributed by atoms with Crippen molar-refractivity contribution in [1.82, 2.24) is 0 Å². The predicted octanol–water partition coefficient (Wildman–Crippen LogP) is 2.80. The minimum Gasteiger partial charge on any atom is -0.265 e. The fourth-order valence-electron chi connectivity index (χ4n) is 0.414. The summed E-state index contributed by atoms with van der Waals surface area (Å²) >= 11 is 0. The maximum absolute atomic E-state index is 3.86. The monoisotopic (exact) mass is 137 g/mol. The van der Waals surface area contributed by atoms with E-state index in [1.165, 1.54) is 11.8 Å². The first-order chi connectivity index (χ1) is 4.68. The van der Waals surface area contributed by atoms with Crippen molar-refractivity contribution in [3.05, 3.63) is 24.4 Å². The average molecular weight is 137 g/mol. The number of hydrogen-bond donors (Lipinski definition) is 0. The second-order valence-corrected chi connectivity index (χ2v) is 2.55. The zero-order chi connectivity index (χ0) is 7.98. The topological polar surface area (TPSA) is 12.4 Å². The van der Waals surface area contributed by atoms with Crippen LogP contribution in [0.1, 0.15) is 20.8 Å². The van der Waals surface area contributed by atoms with E-state index in [-0.39, 0.29) is 0 Å². The van der Waals surface area contributed by atoms with Crippen molar-refractivity contribution >= 4 is 6.21 Å². The van der Waals surface area contributed by atoms with Gasteiger partial charge in [-0.15, -0.1) is 0 Å². The van der Waals surface area contributed by atoms with Crippen LogP contribution in [0.4, 0.5) is 0 Å². The van der Waals surface area contributed by atoms with Gasteiger partial charge in [-0.3, -0.25) is 4.99 Å². The summed E-state index contributed by atoms with van der Waals surface area (Å²) in [5.41, 5.74) is 1.34. The molecular formula is C9H15N. The molecule has 0 aromatic heterocycles. The maximum Gasteiger partial charge on any atom is 0.0267 e. The van der Waals surface area contributed by atoms with E-state index in [1.54, 1.807) is 6.21 Å². The Labute approximate surface area is 63.2 Å². The third-order valence-electron chi connectivity index (χ3n) is 1.44. The Hall–Kier alpha value is -0.850. The molecule has 0 bridgehead atoms. The molecule has 0 aliphatic carbocycles. The molecule has 0 fully saturated rings. The normalized spacial score (nSPS) is 13.0. The summed E-state index contributed by atoms with van der Waals surface area (Å²) in [6.07, 6.45) is 5.30. The number of aliphatic imine (C=N–C) groups is 1. The summed E-state index contributed by atoms with van der Waals surface area (Å²) in [5.74, 6) is 0.608. The fraction of sp³-hybridized carbons (Fsp3) is 0.444. The second kappa shape index (κ2) is 4.98. The molecule has 0 aliphatic rings. The van der Waals surface area contributed by atoms with Crippen LogP contribution in [-0.2, 0) is 0 Å². The Morgan fingerprint density at radius 1 is 1.50 bits per heavy atom. The lowest BCUT2D eigenvalue weighted by atomic mass is 10.1. The molecule has 1 heteroatoms. The Bertz CT molecular complexity index is 152. The molecule has 0 aliphatic heterocycles. The first kappa shape index (κ1) is 9.15. The molecule has 0 amide bonds. The number of nitrogens with zero attached hydrogens (tertiary/aromatic N) is 1. The van der Waals surface area contributed by atoms with Gasteiger partial charge in [0.2, 0.25) is 0 Å². The van der Waals surface area contributed by atoms with E-state index in [1.807, 2.05) is 6.08 Å². The maximum atomic E-state index is 3.86. The van der Waals surface area contributed by atoms with Gasteiger partial charge in [-0.1, -0.05) is 26.0 Å². The summed E-state index contributed by atoms with van der Waals surface area (Å²) in [6.45, 7) is 9.89. The van der Waals surface area contributed by atoms with Gasteiger partial charge in [0.1, 0.15) is 0 Å². The van der Waals surface area contributed by atoms with E-state index in [9.17, 15) is 0 Å². The van der Waals surface area contributed by atoms with Gasteiger partial charge in [0.05, 0.1) is 0 Å². The van der Waals surface area contributed by atoms with E-state index in [0.717, 1.165) is 0 Å². The Balaban J connectivity index is 3.91. The Kier molecular flexibility index (Phi) is 4.55. The molecular weight excluding hydrogens is 122 g/mol. The lowest BCUT2D eigenvalue weighted by molar-refractivity contribution is 0.771. The molecule has 10 heavy (non-hydrogen) atoms. The standard InChI is InChI=1S/C9H15N/c1-5-10-7-6-9(4)8(2)3/h5-8H,1H2,2-4H3/b9-6+,10-7-. The molecule has 0 spiro atoms. The van der Waals surface area contributed by atoms with Crippen molar-refractivity contribution in [1.29, 1.82) is 0 Å². The van der Waals surface area contributed by atoms with Crippen molar-refractivity contribution < 1.29 is 0 Å². The van der Waals surface area contributed by atoms with E-state index in [4.69, 9.17) is 0 Å². The predicted molar refractivity (Wildman–Crippen MR) is 47.3 cm³/mol. The van der Waals surface area contributed by atoms with Gasteiger partial charge in [0.25, 0.3) is 0 Å². The largest absolute Gasteiger partial charge is 0.265 e. The second-order valence-electron chi connectivity index (χ2n) is 2.55. The third kappa shape index (κ3) is 4.07. The third-order valence-corrected chi connectivity index (χ3v) is 1.44. The van der Waals surface area contributed by atoms with Crippen molar-refractivity contribution in [2.24, 2.45) is 10.9 Å². The van der Waals surface area contributed by atoms with Crippen LogP contribution in [0.25, 0.3) is 0 Å². The van der Waals surface area contributed by atoms with E-state index in [2.05, 4.69) is 32.3 Å². The van der Waals surface area contributed by atoms with Gasteiger partial charge in [-0.05, 0) is 18.9 Å². The van der Waals surface area contributed by atoms with Crippen LogP contribution in [0.5, 0.6) is 0 Å².